The summed E-state index contributed by atoms with van der Waals surface area (Å²) in [6.45, 7) is 2.97. The molecule has 0 amide bonds. The van der Waals surface area contributed by atoms with Gasteiger partial charge < -0.3 is 14.6 Å². The third kappa shape index (κ3) is 9.19. The van der Waals surface area contributed by atoms with Gasteiger partial charge in [-0.2, -0.15) is 0 Å². The molecular formula is C6H13N3O3. The molecule has 6 nitrogen and oxygen atoms in total. The van der Waals surface area contributed by atoms with Crippen molar-refractivity contribution in [1.29, 1.82) is 0 Å². The zero-order valence-electron chi connectivity index (χ0n) is 7.01. The Labute approximate surface area is 70.7 Å². The Kier molecular flexibility index (Phi) is 7.73. The Morgan fingerprint density at radius 1 is 1.50 bits per heavy atom. The first kappa shape index (κ1) is 11.2. The van der Waals surface area contributed by atoms with Crippen molar-refractivity contribution in [1.82, 2.24) is 0 Å². The van der Waals surface area contributed by atoms with Crippen LogP contribution < -0.4 is 0 Å². The molecule has 0 rings (SSSR count). The van der Waals surface area contributed by atoms with Crippen LogP contribution in [0.2, 0.25) is 0 Å². The average Bonchev–Trinajstić information content (AvgIpc) is 2.02. The first-order valence-corrected chi connectivity index (χ1v) is 3.65. The minimum atomic E-state index is -0.759. The lowest BCUT2D eigenvalue weighted by molar-refractivity contribution is -0.0989. The topological polar surface area (TPSA) is 87.5 Å². The highest BCUT2D eigenvalue weighted by Gasteiger charge is 1.93. The molecule has 0 aromatic heterocycles. The van der Waals surface area contributed by atoms with Crippen LogP contribution in [0.3, 0.4) is 0 Å². The van der Waals surface area contributed by atoms with Crippen LogP contribution in [0, 0.1) is 0 Å². The predicted molar refractivity (Wildman–Crippen MR) is 42.5 cm³/mol. The quantitative estimate of drug-likeness (QED) is 0.203. The van der Waals surface area contributed by atoms with Crippen molar-refractivity contribution in [3.8, 4) is 0 Å². The molecular weight excluding hydrogens is 162 g/mol. The molecule has 0 aromatic carbocycles. The lowest BCUT2D eigenvalue weighted by Crippen LogP contribution is -2.12. The number of hydrogen-bond donors (Lipinski definition) is 1. The minimum absolute atomic E-state index is 0.325. The summed E-state index contributed by atoms with van der Waals surface area (Å²) in [5.74, 6) is 0. The van der Waals surface area contributed by atoms with Crippen LogP contribution in [-0.4, -0.2) is 37.8 Å². The summed E-state index contributed by atoms with van der Waals surface area (Å²) in [6.07, 6.45) is -0.759. The van der Waals surface area contributed by atoms with Crippen LogP contribution in [-0.2, 0) is 9.47 Å². The number of azide groups is 1. The summed E-state index contributed by atoms with van der Waals surface area (Å²) >= 11 is 0. The first-order valence-electron chi connectivity index (χ1n) is 3.65. The maximum absolute atomic E-state index is 8.65. The van der Waals surface area contributed by atoms with Gasteiger partial charge in [-0.1, -0.05) is 5.11 Å². The molecule has 1 unspecified atom stereocenters. The summed E-state index contributed by atoms with van der Waals surface area (Å²) in [5, 5.41) is 11.9. The van der Waals surface area contributed by atoms with E-state index in [-0.39, 0.29) is 0 Å². The molecule has 0 spiro atoms. The van der Waals surface area contributed by atoms with Gasteiger partial charge in [0.1, 0.15) is 0 Å². The average molecular weight is 175 g/mol. The van der Waals surface area contributed by atoms with Crippen molar-refractivity contribution < 1.29 is 14.6 Å². The molecule has 0 aromatic rings. The van der Waals surface area contributed by atoms with E-state index in [0.29, 0.717) is 26.4 Å². The van der Waals surface area contributed by atoms with Gasteiger partial charge in [0, 0.05) is 11.5 Å². The van der Waals surface area contributed by atoms with E-state index in [1.54, 1.807) is 0 Å². The SMILES string of the molecule is CC(O)OCCOCCN=[N+]=[N-]. The molecule has 0 heterocycles. The molecule has 0 fully saturated rings. The van der Waals surface area contributed by atoms with Gasteiger partial charge >= 0.3 is 0 Å². The van der Waals surface area contributed by atoms with Crippen molar-refractivity contribution in [3.63, 3.8) is 0 Å². The van der Waals surface area contributed by atoms with E-state index in [0.717, 1.165) is 0 Å². The van der Waals surface area contributed by atoms with Crippen molar-refractivity contribution in [2.75, 3.05) is 26.4 Å². The molecule has 0 radical (unpaired) electrons. The van der Waals surface area contributed by atoms with Crippen LogP contribution >= 0.6 is 0 Å². The molecule has 0 aliphatic rings. The molecule has 0 saturated heterocycles. The van der Waals surface area contributed by atoms with Gasteiger partial charge in [0.2, 0.25) is 0 Å². The second-order valence-corrected chi connectivity index (χ2v) is 2.04. The number of nitrogens with zero attached hydrogens (tertiary/aromatic N) is 3. The van der Waals surface area contributed by atoms with Crippen LogP contribution in [0.1, 0.15) is 6.92 Å². The van der Waals surface area contributed by atoms with Gasteiger partial charge in [0.05, 0.1) is 19.8 Å². The third-order valence-corrected chi connectivity index (χ3v) is 0.986. The molecule has 12 heavy (non-hydrogen) atoms. The van der Waals surface area contributed by atoms with Gasteiger partial charge in [-0.25, -0.2) is 0 Å². The zero-order valence-corrected chi connectivity index (χ0v) is 7.01. The highest BCUT2D eigenvalue weighted by Crippen LogP contribution is 1.84. The second kappa shape index (κ2) is 8.29. The number of rotatable bonds is 7. The third-order valence-electron chi connectivity index (χ3n) is 0.986. The summed E-state index contributed by atoms with van der Waals surface area (Å²) in [6, 6.07) is 0. The van der Waals surface area contributed by atoms with E-state index >= 15 is 0 Å². The van der Waals surface area contributed by atoms with Gasteiger partial charge in [-0.05, 0) is 12.5 Å². The number of aliphatic hydroxyl groups is 1. The fourth-order valence-electron chi connectivity index (χ4n) is 0.530. The fraction of sp³-hybridized carbons (Fsp3) is 1.00. The fourth-order valence-corrected chi connectivity index (χ4v) is 0.530. The lowest BCUT2D eigenvalue weighted by Gasteiger charge is -2.05. The standard InChI is InChI=1S/C6H13N3O3/c1-6(10)12-5-4-11-3-2-8-9-7/h6,10H,2-5H2,1H3. The van der Waals surface area contributed by atoms with Gasteiger partial charge in [0.15, 0.2) is 6.29 Å². The molecule has 1 N–H and O–H groups in total. The summed E-state index contributed by atoms with van der Waals surface area (Å²) < 4.78 is 9.76. The number of ether oxygens (including phenoxy) is 2. The van der Waals surface area contributed by atoms with Gasteiger partial charge in [-0.3, -0.25) is 0 Å². The van der Waals surface area contributed by atoms with Crippen LogP contribution in [0.5, 0.6) is 0 Å². The summed E-state index contributed by atoms with van der Waals surface area (Å²) in [4.78, 5) is 2.56. The molecule has 70 valence electrons. The molecule has 0 saturated carbocycles. The normalized spacial score (nSPS) is 12.2. The second-order valence-electron chi connectivity index (χ2n) is 2.04. The summed E-state index contributed by atoms with van der Waals surface area (Å²) in [5.41, 5.74) is 7.89. The largest absolute Gasteiger partial charge is 0.379 e. The molecule has 0 bridgehead atoms. The highest BCUT2D eigenvalue weighted by molar-refractivity contribution is 4.43. The summed E-state index contributed by atoms with van der Waals surface area (Å²) in [7, 11) is 0. The van der Waals surface area contributed by atoms with Crippen molar-refractivity contribution in [2.24, 2.45) is 5.11 Å². The van der Waals surface area contributed by atoms with E-state index < -0.39 is 6.29 Å². The Morgan fingerprint density at radius 3 is 2.83 bits per heavy atom. The highest BCUT2D eigenvalue weighted by atomic mass is 16.6. The predicted octanol–water partition coefficient (Wildman–Crippen LogP) is 0.668. The Morgan fingerprint density at radius 2 is 2.25 bits per heavy atom. The van der Waals surface area contributed by atoms with Gasteiger partial charge in [0.25, 0.3) is 0 Å². The van der Waals surface area contributed by atoms with E-state index in [2.05, 4.69) is 10.0 Å². The smallest absolute Gasteiger partial charge is 0.151 e. The van der Waals surface area contributed by atoms with E-state index in [4.69, 9.17) is 20.1 Å². The van der Waals surface area contributed by atoms with E-state index in [1.165, 1.54) is 6.92 Å². The van der Waals surface area contributed by atoms with Crippen molar-refractivity contribution in [3.05, 3.63) is 10.4 Å². The first-order chi connectivity index (χ1) is 5.77. The minimum Gasteiger partial charge on any atom is -0.379 e. The Hall–Kier alpha value is -0.810. The lowest BCUT2D eigenvalue weighted by atomic mass is 10.7. The molecule has 0 aliphatic heterocycles. The number of hydrogen-bond acceptors (Lipinski definition) is 4. The number of aliphatic hydroxyl groups excluding tert-OH is 1. The van der Waals surface area contributed by atoms with Crippen molar-refractivity contribution >= 4 is 0 Å². The van der Waals surface area contributed by atoms with Crippen molar-refractivity contribution in [2.45, 2.75) is 13.2 Å². The van der Waals surface area contributed by atoms with E-state index in [9.17, 15) is 0 Å². The monoisotopic (exact) mass is 175 g/mol. The molecule has 6 heteroatoms. The van der Waals surface area contributed by atoms with Crippen LogP contribution in [0.25, 0.3) is 10.4 Å². The molecule has 0 aliphatic carbocycles. The maximum Gasteiger partial charge on any atom is 0.151 e. The van der Waals surface area contributed by atoms with E-state index in [1.807, 2.05) is 0 Å². The van der Waals surface area contributed by atoms with Gasteiger partial charge in [-0.15, -0.1) is 0 Å². The zero-order chi connectivity index (χ0) is 9.23. The van der Waals surface area contributed by atoms with Crippen LogP contribution in [0.15, 0.2) is 5.11 Å². The van der Waals surface area contributed by atoms with Crippen LogP contribution in [0.4, 0.5) is 0 Å². The Bertz CT molecular complexity index is 145. The maximum atomic E-state index is 8.65. The molecule has 1 atom stereocenters. The Balaban J connectivity index is 2.95.